The Morgan fingerprint density at radius 3 is 1.22 bits per heavy atom. The van der Waals surface area contributed by atoms with Crippen molar-refractivity contribution in [3.63, 3.8) is 0 Å². The molecular weight excluding hydrogens is 805 g/mol. The topological polar surface area (TPSA) is 78.9 Å². The first-order valence-corrected chi connectivity index (χ1v) is 25.8. The number of rotatable bonds is 44. The van der Waals surface area contributed by atoms with Crippen molar-refractivity contribution in [2.45, 2.75) is 207 Å². The maximum absolute atomic E-state index is 12.8. The van der Waals surface area contributed by atoms with Gasteiger partial charge in [0.2, 0.25) is 0 Å². The van der Waals surface area contributed by atoms with Crippen molar-refractivity contribution >= 4 is 17.9 Å². The third-order valence-corrected chi connectivity index (χ3v) is 10.2. The predicted octanol–water partition coefficient (Wildman–Crippen LogP) is 17.1. The van der Waals surface area contributed by atoms with E-state index in [0.29, 0.717) is 19.3 Å². The number of ether oxygens (including phenoxy) is 3. The van der Waals surface area contributed by atoms with Crippen LogP contribution in [0, 0.1) is 0 Å². The first-order valence-electron chi connectivity index (χ1n) is 25.8. The monoisotopic (exact) mass is 897 g/mol. The van der Waals surface area contributed by atoms with E-state index in [9.17, 15) is 14.4 Å². The van der Waals surface area contributed by atoms with Gasteiger partial charge >= 0.3 is 17.9 Å². The highest BCUT2D eigenvalue weighted by atomic mass is 16.6. The summed E-state index contributed by atoms with van der Waals surface area (Å²) in [5.74, 6) is -1.04. The lowest BCUT2D eigenvalue weighted by atomic mass is 10.1. The Bertz CT molecular complexity index is 1450. The van der Waals surface area contributed by atoms with E-state index in [4.69, 9.17) is 14.2 Å². The smallest absolute Gasteiger partial charge is 0.306 e. The van der Waals surface area contributed by atoms with Gasteiger partial charge < -0.3 is 14.2 Å². The van der Waals surface area contributed by atoms with E-state index in [1.54, 1.807) is 0 Å². The molecule has 0 rings (SSSR count). The molecule has 0 aliphatic rings. The van der Waals surface area contributed by atoms with E-state index in [-0.39, 0.29) is 44.0 Å². The molecule has 0 aromatic heterocycles. The summed E-state index contributed by atoms with van der Waals surface area (Å²) in [5, 5.41) is 0. The minimum absolute atomic E-state index is 0.120. The van der Waals surface area contributed by atoms with Gasteiger partial charge in [-0.05, 0) is 103 Å². The van der Waals surface area contributed by atoms with Gasteiger partial charge in [-0.3, -0.25) is 14.4 Å². The van der Waals surface area contributed by atoms with E-state index < -0.39 is 6.10 Å². The van der Waals surface area contributed by atoms with Gasteiger partial charge in [0.05, 0.1) is 0 Å². The summed E-state index contributed by atoms with van der Waals surface area (Å²) in [4.78, 5) is 38.0. The third kappa shape index (κ3) is 50.4. The Morgan fingerprint density at radius 2 is 0.692 bits per heavy atom. The summed E-state index contributed by atoms with van der Waals surface area (Å²) >= 11 is 0. The summed E-state index contributed by atoms with van der Waals surface area (Å²) in [6.07, 6.45) is 72.9. The van der Waals surface area contributed by atoms with E-state index >= 15 is 0 Å². The van der Waals surface area contributed by atoms with Crippen molar-refractivity contribution < 1.29 is 28.6 Å². The number of carbonyl (C=O) groups excluding carboxylic acids is 3. The number of carbonyl (C=O) groups is 3. The number of hydrogen-bond acceptors (Lipinski definition) is 6. The van der Waals surface area contributed by atoms with E-state index in [2.05, 4.69) is 106 Å². The van der Waals surface area contributed by atoms with Crippen LogP contribution in [0.4, 0.5) is 0 Å². The molecule has 0 aromatic rings. The molecule has 0 amide bonds. The highest BCUT2D eigenvalue weighted by Crippen LogP contribution is 2.13. The van der Waals surface area contributed by atoms with Crippen LogP contribution in [0.3, 0.4) is 0 Å². The molecular formula is C59H92O6. The molecule has 1 unspecified atom stereocenters. The zero-order valence-corrected chi connectivity index (χ0v) is 41.4. The van der Waals surface area contributed by atoms with E-state index in [0.717, 1.165) is 83.5 Å². The molecule has 65 heavy (non-hydrogen) atoms. The van der Waals surface area contributed by atoms with Gasteiger partial charge in [-0.15, -0.1) is 0 Å². The fourth-order valence-electron chi connectivity index (χ4n) is 6.43. The lowest BCUT2D eigenvalue weighted by molar-refractivity contribution is -0.167. The summed E-state index contributed by atoms with van der Waals surface area (Å²) in [7, 11) is 0. The van der Waals surface area contributed by atoms with Gasteiger partial charge in [0, 0.05) is 19.3 Å². The zero-order valence-electron chi connectivity index (χ0n) is 41.4. The summed E-state index contributed by atoms with van der Waals surface area (Å²) in [6, 6.07) is 0. The normalized spacial score (nSPS) is 13.2. The van der Waals surface area contributed by atoms with Crippen LogP contribution in [0.5, 0.6) is 0 Å². The third-order valence-electron chi connectivity index (χ3n) is 10.2. The van der Waals surface area contributed by atoms with Crippen LogP contribution >= 0.6 is 0 Å². The van der Waals surface area contributed by atoms with Crippen molar-refractivity contribution in [1.82, 2.24) is 0 Å². The molecule has 6 heteroatoms. The molecule has 0 aliphatic heterocycles. The summed E-state index contributed by atoms with van der Waals surface area (Å²) in [6.45, 7) is 6.26. The van der Waals surface area contributed by atoms with Crippen molar-refractivity contribution in [3.05, 3.63) is 134 Å². The predicted molar refractivity (Wildman–Crippen MR) is 279 cm³/mol. The van der Waals surface area contributed by atoms with Gasteiger partial charge in [0.1, 0.15) is 13.2 Å². The fraction of sp³-hybridized carbons (Fsp3) is 0.576. The van der Waals surface area contributed by atoms with Crippen molar-refractivity contribution in [2.75, 3.05) is 13.2 Å². The van der Waals surface area contributed by atoms with Crippen LogP contribution in [-0.4, -0.2) is 37.2 Å². The minimum Gasteiger partial charge on any atom is -0.462 e. The van der Waals surface area contributed by atoms with Crippen molar-refractivity contribution in [2.24, 2.45) is 0 Å². The molecule has 0 spiro atoms. The second-order valence-corrected chi connectivity index (χ2v) is 16.4. The Labute approximate surface area is 398 Å². The molecule has 0 N–H and O–H groups in total. The lowest BCUT2D eigenvalue weighted by Gasteiger charge is -2.18. The summed E-state index contributed by atoms with van der Waals surface area (Å²) in [5.41, 5.74) is 0. The van der Waals surface area contributed by atoms with Gasteiger partial charge in [-0.2, -0.15) is 0 Å². The number of esters is 3. The van der Waals surface area contributed by atoms with Crippen LogP contribution in [-0.2, 0) is 28.6 Å². The average Bonchev–Trinajstić information content (AvgIpc) is 3.30. The number of hydrogen-bond donors (Lipinski definition) is 0. The zero-order chi connectivity index (χ0) is 47.2. The Kier molecular flexibility index (Phi) is 48.6. The van der Waals surface area contributed by atoms with E-state index in [1.165, 1.54) is 64.2 Å². The van der Waals surface area contributed by atoms with Crippen LogP contribution in [0.15, 0.2) is 134 Å². The molecule has 6 nitrogen and oxygen atoms in total. The molecule has 0 aliphatic carbocycles. The molecule has 0 saturated carbocycles. The van der Waals surface area contributed by atoms with Crippen LogP contribution in [0.1, 0.15) is 201 Å². The van der Waals surface area contributed by atoms with Crippen LogP contribution in [0.25, 0.3) is 0 Å². The second kappa shape index (κ2) is 52.2. The minimum atomic E-state index is -0.829. The Balaban J connectivity index is 4.59. The van der Waals surface area contributed by atoms with Gasteiger partial charge in [-0.25, -0.2) is 0 Å². The molecule has 0 aromatic carbocycles. The van der Waals surface area contributed by atoms with Gasteiger partial charge in [0.25, 0.3) is 0 Å². The maximum Gasteiger partial charge on any atom is 0.306 e. The molecule has 1 atom stereocenters. The number of allylic oxidation sites excluding steroid dienone is 22. The molecule has 0 saturated heterocycles. The fourth-order valence-corrected chi connectivity index (χ4v) is 6.43. The van der Waals surface area contributed by atoms with Gasteiger partial charge in [-0.1, -0.05) is 212 Å². The molecule has 364 valence electrons. The maximum atomic E-state index is 12.8. The number of unbranched alkanes of at least 4 members (excludes halogenated alkanes) is 15. The average molecular weight is 897 g/mol. The van der Waals surface area contributed by atoms with Crippen LogP contribution < -0.4 is 0 Å². The SMILES string of the molecule is CC\C=C/C=C\C=C/C=C\C=C/CCCCCC(=O)OC(COC(=O)CCC/C=C\C/C=C\C/C=C\C/C=C\C/C=C\CC)COC(=O)CCCCCCCCC/C=C\CCCCCC. The van der Waals surface area contributed by atoms with E-state index in [1.807, 2.05) is 48.6 Å². The molecule has 0 fully saturated rings. The highest BCUT2D eigenvalue weighted by Gasteiger charge is 2.19. The first-order chi connectivity index (χ1) is 32.0. The highest BCUT2D eigenvalue weighted by molar-refractivity contribution is 5.71. The molecule has 0 radical (unpaired) electrons. The largest absolute Gasteiger partial charge is 0.462 e. The second-order valence-electron chi connectivity index (χ2n) is 16.4. The Morgan fingerprint density at radius 1 is 0.338 bits per heavy atom. The lowest BCUT2D eigenvalue weighted by Crippen LogP contribution is -2.30. The van der Waals surface area contributed by atoms with Gasteiger partial charge in [0.15, 0.2) is 6.10 Å². The quantitative estimate of drug-likeness (QED) is 0.0199. The summed E-state index contributed by atoms with van der Waals surface area (Å²) < 4.78 is 16.7. The van der Waals surface area contributed by atoms with Crippen molar-refractivity contribution in [1.29, 1.82) is 0 Å². The first kappa shape index (κ1) is 60.6. The standard InChI is InChI=1S/C59H92O6/c1-4-7-10-13-16-19-22-25-28-29-32-34-37-40-43-46-49-52-58(61)64-55-56(65-59(62)53-50-47-44-41-38-35-31-27-24-21-18-15-12-9-6-3)54-63-57(60)51-48-45-42-39-36-33-30-26-23-20-17-14-11-8-5-2/h7,9-10,12,15-16,18-21,23-25,27-28,31-32,34-35,38,40,43,56H,4-6,8,11,13-14,17,22,26,29-30,33,36-37,39,41-42,44-55H2,1-3H3/b10-7-,12-9-,18-15-,19-16-,23-20-,24-21-,28-25-,31-27-,34-32-,38-35-,43-40-. The molecule has 0 heterocycles. The molecule has 0 bridgehead atoms. The van der Waals surface area contributed by atoms with Crippen molar-refractivity contribution in [3.8, 4) is 0 Å². The van der Waals surface area contributed by atoms with Crippen LogP contribution in [0.2, 0.25) is 0 Å². The Hall–Kier alpha value is -4.45.